The molecule has 2 aromatic rings. The van der Waals surface area contributed by atoms with Crippen LogP contribution in [0.3, 0.4) is 0 Å². The van der Waals surface area contributed by atoms with E-state index in [4.69, 9.17) is 4.74 Å². The SMILES string of the molecule is CC[C@@H](C)[C@H](NC(=O)[C@H]1CCCN(S(=O)(=O)c2ccc(OC)cc2)C1)C(=O)Nc1ccccc1. The highest BCUT2D eigenvalue weighted by atomic mass is 32.2. The largest absolute Gasteiger partial charge is 0.497 e. The first-order valence-electron chi connectivity index (χ1n) is 11.6. The van der Waals surface area contributed by atoms with E-state index in [1.54, 1.807) is 24.3 Å². The Hall–Kier alpha value is -2.91. The number of nitrogens with zero attached hydrogens (tertiary/aromatic N) is 1. The lowest BCUT2D eigenvalue weighted by molar-refractivity contribution is -0.131. The minimum Gasteiger partial charge on any atom is -0.497 e. The molecule has 1 saturated heterocycles. The van der Waals surface area contributed by atoms with E-state index in [1.807, 2.05) is 32.0 Å². The van der Waals surface area contributed by atoms with Gasteiger partial charge in [-0.1, -0.05) is 38.5 Å². The summed E-state index contributed by atoms with van der Waals surface area (Å²) in [5.74, 6) is -0.636. The molecule has 184 valence electrons. The molecule has 0 aromatic heterocycles. The summed E-state index contributed by atoms with van der Waals surface area (Å²) in [5, 5.41) is 5.75. The third-order valence-corrected chi connectivity index (χ3v) is 8.17. The fraction of sp³-hybridized carbons (Fsp3) is 0.440. The molecule has 0 unspecified atom stereocenters. The second-order valence-electron chi connectivity index (χ2n) is 8.60. The van der Waals surface area contributed by atoms with Gasteiger partial charge < -0.3 is 15.4 Å². The summed E-state index contributed by atoms with van der Waals surface area (Å²) in [4.78, 5) is 26.3. The molecule has 0 aliphatic carbocycles. The predicted octanol–water partition coefficient (Wildman–Crippen LogP) is 3.27. The third kappa shape index (κ3) is 6.15. The van der Waals surface area contributed by atoms with Crippen LogP contribution in [0, 0.1) is 11.8 Å². The molecule has 2 aromatic carbocycles. The van der Waals surface area contributed by atoms with Gasteiger partial charge in [0.25, 0.3) is 0 Å². The molecule has 8 nitrogen and oxygen atoms in total. The number of ether oxygens (including phenoxy) is 1. The van der Waals surface area contributed by atoms with Crippen molar-refractivity contribution in [3.05, 3.63) is 54.6 Å². The summed E-state index contributed by atoms with van der Waals surface area (Å²) in [6, 6.07) is 14.6. The van der Waals surface area contributed by atoms with Crippen LogP contribution in [-0.2, 0) is 19.6 Å². The summed E-state index contributed by atoms with van der Waals surface area (Å²) in [7, 11) is -2.22. The fourth-order valence-corrected chi connectivity index (χ4v) is 5.51. The number of carbonyl (C=O) groups is 2. The zero-order valence-electron chi connectivity index (χ0n) is 19.9. The maximum absolute atomic E-state index is 13.1. The first kappa shape index (κ1) is 25.7. The lowest BCUT2D eigenvalue weighted by Crippen LogP contribution is -2.52. The Kier molecular flexibility index (Phi) is 8.68. The minimum atomic E-state index is -3.74. The lowest BCUT2D eigenvalue weighted by Gasteiger charge is -2.33. The molecule has 0 radical (unpaired) electrons. The lowest BCUT2D eigenvalue weighted by atomic mass is 9.94. The summed E-state index contributed by atoms with van der Waals surface area (Å²) < 4.78 is 32.7. The van der Waals surface area contributed by atoms with Gasteiger partial charge in [-0.15, -0.1) is 0 Å². The Labute approximate surface area is 201 Å². The molecule has 3 atom stereocenters. The van der Waals surface area contributed by atoms with Crippen LogP contribution < -0.4 is 15.4 Å². The van der Waals surface area contributed by atoms with Gasteiger partial charge in [0, 0.05) is 18.8 Å². The number of amides is 2. The van der Waals surface area contributed by atoms with Crippen LogP contribution in [0.25, 0.3) is 0 Å². The zero-order chi connectivity index (χ0) is 24.7. The number of para-hydroxylation sites is 1. The quantitative estimate of drug-likeness (QED) is 0.565. The van der Waals surface area contributed by atoms with E-state index in [-0.39, 0.29) is 29.2 Å². The maximum Gasteiger partial charge on any atom is 0.247 e. The normalized spacial score (nSPS) is 18.5. The molecule has 1 aliphatic rings. The average molecular weight is 488 g/mol. The number of sulfonamides is 1. The van der Waals surface area contributed by atoms with E-state index in [0.29, 0.717) is 37.2 Å². The second-order valence-corrected chi connectivity index (χ2v) is 10.5. The molecule has 0 saturated carbocycles. The molecule has 0 spiro atoms. The third-order valence-electron chi connectivity index (χ3n) is 6.29. The van der Waals surface area contributed by atoms with Gasteiger partial charge in [-0.05, 0) is 55.2 Å². The van der Waals surface area contributed by atoms with Gasteiger partial charge in [0.05, 0.1) is 17.9 Å². The van der Waals surface area contributed by atoms with Crippen molar-refractivity contribution in [1.82, 2.24) is 9.62 Å². The molecule has 0 bridgehead atoms. The highest BCUT2D eigenvalue weighted by Gasteiger charge is 2.35. The van der Waals surface area contributed by atoms with Crippen molar-refractivity contribution in [3.8, 4) is 5.75 Å². The predicted molar refractivity (Wildman–Crippen MR) is 131 cm³/mol. The molecular weight excluding hydrogens is 454 g/mol. The monoisotopic (exact) mass is 487 g/mol. The molecule has 1 fully saturated rings. The standard InChI is InChI=1S/C25H33N3O5S/c1-4-18(2)23(25(30)26-20-10-6-5-7-11-20)27-24(29)19-9-8-16-28(17-19)34(31,32)22-14-12-21(33-3)13-15-22/h5-7,10-15,18-19,23H,4,8-9,16-17H2,1-3H3,(H,26,30)(H,27,29)/t18-,19+,23+/m1/s1. The van der Waals surface area contributed by atoms with Crippen molar-refractivity contribution in [3.63, 3.8) is 0 Å². The van der Waals surface area contributed by atoms with E-state index in [0.717, 1.165) is 0 Å². The Morgan fingerprint density at radius 2 is 1.79 bits per heavy atom. The van der Waals surface area contributed by atoms with Crippen molar-refractivity contribution in [2.45, 2.75) is 44.0 Å². The topological polar surface area (TPSA) is 105 Å². The minimum absolute atomic E-state index is 0.0771. The van der Waals surface area contributed by atoms with Crippen molar-refractivity contribution in [2.24, 2.45) is 11.8 Å². The number of benzene rings is 2. The molecule has 3 rings (SSSR count). The van der Waals surface area contributed by atoms with Crippen LogP contribution >= 0.6 is 0 Å². The van der Waals surface area contributed by atoms with Gasteiger partial charge in [-0.3, -0.25) is 9.59 Å². The van der Waals surface area contributed by atoms with Crippen LogP contribution in [0.4, 0.5) is 5.69 Å². The highest BCUT2D eigenvalue weighted by Crippen LogP contribution is 2.25. The number of rotatable bonds is 9. The Bertz CT molecular complexity index is 1070. The van der Waals surface area contributed by atoms with E-state index < -0.39 is 22.0 Å². The maximum atomic E-state index is 13.1. The van der Waals surface area contributed by atoms with Gasteiger partial charge in [-0.25, -0.2) is 8.42 Å². The number of nitrogens with one attached hydrogen (secondary N) is 2. The van der Waals surface area contributed by atoms with Crippen LogP contribution in [0.1, 0.15) is 33.1 Å². The molecule has 1 heterocycles. The Morgan fingerprint density at radius 3 is 2.41 bits per heavy atom. The summed E-state index contributed by atoms with van der Waals surface area (Å²) >= 11 is 0. The van der Waals surface area contributed by atoms with Crippen molar-refractivity contribution in [1.29, 1.82) is 0 Å². The van der Waals surface area contributed by atoms with Crippen LogP contribution in [0.2, 0.25) is 0 Å². The van der Waals surface area contributed by atoms with Crippen LogP contribution in [0.15, 0.2) is 59.5 Å². The zero-order valence-corrected chi connectivity index (χ0v) is 20.7. The number of piperidine rings is 1. The van der Waals surface area contributed by atoms with Gasteiger partial charge in [0.2, 0.25) is 21.8 Å². The molecule has 34 heavy (non-hydrogen) atoms. The average Bonchev–Trinajstić information content (AvgIpc) is 2.87. The van der Waals surface area contributed by atoms with Crippen LogP contribution in [-0.4, -0.2) is 50.8 Å². The molecule has 2 N–H and O–H groups in total. The molecule has 9 heteroatoms. The number of carbonyl (C=O) groups excluding carboxylic acids is 2. The van der Waals surface area contributed by atoms with Crippen LogP contribution in [0.5, 0.6) is 5.75 Å². The van der Waals surface area contributed by atoms with E-state index in [1.165, 1.54) is 23.5 Å². The van der Waals surface area contributed by atoms with Crippen molar-refractivity contribution < 1.29 is 22.7 Å². The first-order valence-corrected chi connectivity index (χ1v) is 13.0. The Morgan fingerprint density at radius 1 is 1.12 bits per heavy atom. The summed E-state index contributed by atoms with van der Waals surface area (Å²) in [6.07, 6.45) is 1.83. The summed E-state index contributed by atoms with van der Waals surface area (Å²) in [5.41, 5.74) is 0.657. The van der Waals surface area contributed by atoms with Gasteiger partial charge in [0.1, 0.15) is 11.8 Å². The molecule has 2 amide bonds. The smallest absolute Gasteiger partial charge is 0.247 e. The van der Waals surface area contributed by atoms with E-state index >= 15 is 0 Å². The fourth-order valence-electron chi connectivity index (χ4n) is 3.99. The first-order chi connectivity index (χ1) is 16.3. The van der Waals surface area contributed by atoms with E-state index in [2.05, 4.69) is 10.6 Å². The number of methoxy groups -OCH3 is 1. The van der Waals surface area contributed by atoms with Gasteiger partial charge in [0.15, 0.2) is 0 Å². The molecular formula is C25H33N3O5S. The highest BCUT2D eigenvalue weighted by molar-refractivity contribution is 7.89. The van der Waals surface area contributed by atoms with Crippen molar-refractivity contribution >= 4 is 27.5 Å². The van der Waals surface area contributed by atoms with Crippen molar-refractivity contribution in [2.75, 3.05) is 25.5 Å². The number of hydrogen-bond donors (Lipinski definition) is 2. The van der Waals surface area contributed by atoms with Gasteiger partial charge >= 0.3 is 0 Å². The second kappa shape index (κ2) is 11.5. The Balaban J connectivity index is 1.70. The number of anilines is 1. The van der Waals surface area contributed by atoms with E-state index in [9.17, 15) is 18.0 Å². The molecule has 1 aliphatic heterocycles. The van der Waals surface area contributed by atoms with Gasteiger partial charge in [-0.2, -0.15) is 4.31 Å². The number of hydrogen-bond acceptors (Lipinski definition) is 5. The summed E-state index contributed by atoms with van der Waals surface area (Å²) in [6.45, 7) is 4.30.